The monoisotopic (exact) mass is 275 g/mol. The van der Waals surface area contributed by atoms with Crippen LogP contribution in [0.4, 0.5) is 5.69 Å². The van der Waals surface area contributed by atoms with E-state index in [0.717, 1.165) is 31.4 Å². The van der Waals surface area contributed by atoms with Crippen LogP contribution in [0.2, 0.25) is 0 Å². The van der Waals surface area contributed by atoms with Gasteiger partial charge in [0.15, 0.2) is 0 Å². The lowest BCUT2D eigenvalue weighted by molar-refractivity contribution is -0.119. The highest BCUT2D eigenvalue weighted by Crippen LogP contribution is 2.15. The fourth-order valence-electron chi connectivity index (χ4n) is 2.25. The molecular weight excluding hydrogens is 250 g/mol. The minimum Gasteiger partial charge on any atom is -0.313 e. The molecule has 110 valence electrons. The molecule has 1 aromatic rings. The predicted molar refractivity (Wildman–Crippen MR) is 82.9 cm³/mol. The molecule has 0 radical (unpaired) electrons. The summed E-state index contributed by atoms with van der Waals surface area (Å²) in [5.74, 6) is 0.438. The maximum atomic E-state index is 12.2. The summed E-state index contributed by atoms with van der Waals surface area (Å²) in [7, 11) is 0. The highest BCUT2D eigenvalue weighted by molar-refractivity contribution is 5.93. The van der Waals surface area contributed by atoms with E-state index in [1.165, 1.54) is 0 Å². The van der Waals surface area contributed by atoms with Crippen molar-refractivity contribution < 1.29 is 9.59 Å². The average Bonchev–Trinajstić information content (AvgIpc) is 2.44. The van der Waals surface area contributed by atoms with Crippen LogP contribution in [-0.4, -0.2) is 18.2 Å². The number of anilines is 1. The van der Waals surface area contributed by atoms with Gasteiger partial charge in [0, 0.05) is 25.1 Å². The van der Waals surface area contributed by atoms with Crippen molar-refractivity contribution in [3.63, 3.8) is 0 Å². The van der Waals surface area contributed by atoms with Gasteiger partial charge in [0.05, 0.1) is 0 Å². The first-order valence-electron chi connectivity index (χ1n) is 7.50. The number of Topliss-reactive ketones (excluding diaryl/α,β-unsaturated/α-hetero) is 1. The largest absolute Gasteiger partial charge is 0.313 e. The highest BCUT2D eigenvalue weighted by atomic mass is 16.2. The van der Waals surface area contributed by atoms with Crippen molar-refractivity contribution in [1.29, 1.82) is 0 Å². The molecule has 0 N–H and O–H groups in total. The number of benzene rings is 1. The molecule has 0 aliphatic carbocycles. The first-order chi connectivity index (χ1) is 9.65. The lowest BCUT2D eigenvalue weighted by Gasteiger charge is -2.21. The van der Waals surface area contributed by atoms with Crippen molar-refractivity contribution in [2.24, 2.45) is 0 Å². The van der Waals surface area contributed by atoms with Crippen LogP contribution in [-0.2, 0) is 9.59 Å². The van der Waals surface area contributed by atoms with E-state index in [9.17, 15) is 9.59 Å². The quantitative estimate of drug-likeness (QED) is 0.639. The molecule has 0 saturated heterocycles. The Morgan fingerprint density at radius 1 is 0.950 bits per heavy atom. The van der Waals surface area contributed by atoms with Crippen LogP contribution in [0.1, 0.15) is 52.4 Å². The van der Waals surface area contributed by atoms with Gasteiger partial charge >= 0.3 is 0 Å². The summed E-state index contributed by atoms with van der Waals surface area (Å²) in [4.78, 5) is 24.8. The van der Waals surface area contributed by atoms with Gasteiger partial charge in [-0.3, -0.25) is 4.79 Å². The van der Waals surface area contributed by atoms with Gasteiger partial charge in [0.1, 0.15) is 5.78 Å². The normalized spacial score (nSPS) is 10.3. The van der Waals surface area contributed by atoms with Crippen LogP contribution < -0.4 is 4.90 Å². The third kappa shape index (κ3) is 6.00. The Hall–Kier alpha value is -1.64. The SMILES string of the molecule is CCN(C(=O)CCCCCCC(C)=O)c1ccccc1. The summed E-state index contributed by atoms with van der Waals surface area (Å²) in [6.45, 7) is 4.33. The Morgan fingerprint density at radius 2 is 1.55 bits per heavy atom. The number of para-hydroxylation sites is 1. The number of hydrogen-bond acceptors (Lipinski definition) is 2. The Morgan fingerprint density at radius 3 is 2.10 bits per heavy atom. The predicted octanol–water partition coefficient (Wildman–Crippen LogP) is 3.97. The fraction of sp³-hybridized carbons (Fsp3) is 0.529. The number of amides is 1. The van der Waals surface area contributed by atoms with Crippen molar-refractivity contribution >= 4 is 17.4 Å². The minimum absolute atomic E-state index is 0.185. The van der Waals surface area contributed by atoms with Gasteiger partial charge < -0.3 is 9.69 Å². The molecule has 1 amide bonds. The van der Waals surface area contributed by atoms with Gasteiger partial charge in [0.25, 0.3) is 0 Å². The highest BCUT2D eigenvalue weighted by Gasteiger charge is 2.12. The van der Waals surface area contributed by atoms with Crippen LogP contribution in [0, 0.1) is 0 Å². The van der Waals surface area contributed by atoms with Gasteiger partial charge in [-0.2, -0.15) is 0 Å². The lowest BCUT2D eigenvalue weighted by Crippen LogP contribution is -2.30. The summed E-state index contributed by atoms with van der Waals surface area (Å²) in [6.07, 6.45) is 5.15. The van der Waals surface area contributed by atoms with E-state index in [0.29, 0.717) is 19.4 Å². The summed E-state index contributed by atoms with van der Waals surface area (Å²) in [6, 6.07) is 9.79. The third-order valence-electron chi connectivity index (χ3n) is 3.35. The van der Waals surface area contributed by atoms with E-state index >= 15 is 0 Å². The van der Waals surface area contributed by atoms with Crippen LogP contribution in [0.3, 0.4) is 0 Å². The van der Waals surface area contributed by atoms with E-state index < -0.39 is 0 Å². The van der Waals surface area contributed by atoms with E-state index in [1.54, 1.807) is 6.92 Å². The van der Waals surface area contributed by atoms with Crippen LogP contribution >= 0.6 is 0 Å². The second-order valence-electron chi connectivity index (χ2n) is 5.09. The van der Waals surface area contributed by atoms with Crippen molar-refractivity contribution in [2.45, 2.75) is 52.4 Å². The molecule has 0 heterocycles. The number of carbonyl (C=O) groups is 2. The summed E-state index contributed by atoms with van der Waals surface area (Å²) in [5, 5.41) is 0. The van der Waals surface area contributed by atoms with E-state index in [4.69, 9.17) is 0 Å². The molecule has 0 spiro atoms. The maximum absolute atomic E-state index is 12.2. The molecule has 1 rings (SSSR count). The molecule has 20 heavy (non-hydrogen) atoms. The second kappa shape index (κ2) is 9.29. The summed E-state index contributed by atoms with van der Waals surface area (Å²) >= 11 is 0. The number of hydrogen-bond donors (Lipinski definition) is 0. The van der Waals surface area contributed by atoms with E-state index in [-0.39, 0.29) is 11.7 Å². The van der Waals surface area contributed by atoms with Crippen LogP contribution in [0.15, 0.2) is 30.3 Å². The van der Waals surface area contributed by atoms with Gasteiger partial charge in [-0.15, -0.1) is 0 Å². The zero-order valence-electron chi connectivity index (χ0n) is 12.6. The molecule has 3 heteroatoms. The molecular formula is C17H25NO2. The lowest BCUT2D eigenvalue weighted by atomic mass is 10.1. The summed E-state index contributed by atoms with van der Waals surface area (Å²) < 4.78 is 0. The Balaban J connectivity index is 2.29. The molecule has 0 atom stereocenters. The minimum atomic E-state index is 0.185. The van der Waals surface area contributed by atoms with Gasteiger partial charge in [0.2, 0.25) is 5.91 Å². The second-order valence-corrected chi connectivity index (χ2v) is 5.09. The molecule has 0 saturated carbocycles. The van der Waals surface area contributed by atoms with Crippen molar-refractivity contribution in [1.82, 2.24) is 0 Å². The van der Waals surface area contributed by atoms with Gasteiger partial charge in [-0.25, -0.2) is 0 Å². The molecule has 0 bridgehead atoms. The topological polar surface area (TPSA) is 37.4 Å². The van der Waals surface area contributed by atoms with Crippen molar-refractivity contribution in [3.05, 3.63) is 30.3 Å². The zero-order valence-corrected chi connectivity index (χ0v) is 12.6. The zero-order chi connectivity index (χ0) is 14.8. The van der Waals surface area contributed by atoms with Gasteiger partial charge in [-0.1, -0.05) is 31.0 Å². The van der Waals surface area contributed by atoms with Crippen molar-refractivity contribution in [3.8, 4) is 0 Å². The molecule has 0 aliphatic rings. The Bertz CT molecular complexity index is 414. The van der Waals surface area contributed by atoms with E-state index in [1.807, 2.05) is 42.2 Å². The number of ketones is 1. The fourth-order valence-corrected chi connectivity index (χ4v) is 2.25. The number of nitrogens with zero attached hydrogens (tertiary/aromatic N) is 1. The number of carbonyl (C=O) groups excluding carboxylic acids is 2. The molecule has 0 aliphatic heterocycles. The Labute approximate surface area is 122 Å². The van der Waals surface area contributed by atoms with Crippen LogP contribution in [0.25, 0.3) is 0 Å². The molecule has 0 fully saturated rings. The molecule has 0 aromatic heterocycles. The maximum Gasteiger partial charge on any atom is 0.226 e. The number of rotatable bonds is 9. The molecule has 0 unspecified atom stereocenters. The first-order valence-corrected chi connectivity index (χ1v) is 7.50. The molecule has 1 aromatic carbocycles. The first kappa shape index (κ1) is 16.4. The smallest absolute Gasteiger partial charge is 0.226 e. The third-order valence-corrected chi connectivity index (χ3v) is 3.35. The van der Waals surface area contributed by atoms with Crippen molar-refractivity contribution in [2.75, 3.05) is 11.4 Å². The van der Waals surface area contributed by atoms with Crippen LogP contribution in [0.5, 0.6) is 0 Å². The van der Waals surface area contributed by atoms with E-state index in [2.05, 4.69) is 0 Å². The number of unbranched alkanes of at least 4 members (excludes halogenated alkanes) is 3. The van der Waals surface area contributed by atoms with Gasteiger partial charge in [-0.05, 0) is 38.8 Å². The average molecular weight is 275 g/mol. The molecule has 3 nitrogen and oxygen atoms in total. The summed E-state index contributed by atoms with van der Waals surface area (Å²) in [5.41, 5.74) is 0.969. The Kier molecular flexibility index (Phi) is 7.63. The standard InChI is InChI=1S/C17H25NO2/c1-3-18(16-12-8-6-9-13-16)17(20)14-10-5-4-7-11-15(2)19/h6,8-9,12-13H,3-5,7,10-11,14H2,1-2H3.